The van der Waals surface area contributed by atoms with Crippen molar-refractivity contribution in [2.75, 3.05) is 26.0 Å². The molecular weight excluding hydrogens is 368 g/mol. The second-order valence-corrected chi connectivity index (χ2v) is 6.59. The lowest BCUT2D eigenvalue weighted by atomic mass is 10.1. The third kappa shape index (κ3) is 4.85. The molecule has 0 aliphatic carbocycles. The van der Waals surface area contributed by atoms with Crippen LogP contribution in [0.5, 0.6) is 5.75 Å². The van der Waals surface area contributed by atoms with Gasteiger partial charge in [-0.1, -0.05) is 25.1 Å². The highest BCUT2D eigenvalue weighted by Crippen LogP contribution is 2.27. The third-order valence-electron chi connectivity index (χ3n) is 4.56. The highest BCUT2D eigenvalue weighted by atomic mass is 16.5. The van der Waals surface area contributed by atoms with E-state index in [0.717, 1.165) is 28.7 Å². The maximum Gasteiger partial charge on any atom is 0.246 e. The van der Waals surface area contributed by atoms with E-state index in [1.165, 1.54) is 11.0 Å². The lowest BCUT2D eigenvalue weighted by Gasteiger charge is -2.15. The molecule has 3 rings (SSSR count). The Kier molecular flexibility index (Phi) is 6.34. The number of hydrogen-bond donors (Lipinski definition) is 1. The maximum absolute atomic E-state index is 12.5. The molecule has 3 aromatic rings. The first-order valence-corrected chi connectivity index (χ1v) is 9.39. The maximum atomic E-state index is 12.5. The molecule has 0 saturated carbocycles. The molecule has 0 bridgehead atoms. The second kappa shape index (κ2) is 9.10. The number of benzene rings is 2. The highest BCUT2D eigenvalue weighted by molar-refractivity contribution is 5.99. The van der Waals surface area contributed by atoms with Gasteiger partial charge >= 0.3 is 0 Å². The van der Waals surface area contributed by atoms with Crippen molar-refractivity contribution in [3.63, 3.8) is 0 Å². The van der Waals surface area contributed by atoms with Gasteiger partial charge in [0.1, 0.15) is 17.1 Å². The monoisotopic (exact) mass is 392 g/mol. The summed E-state index contributed by atoms with van der Waals surface area (Å²) in [6.45, 7) is 1.95. The van der Waals surface area contributed by atoms with Gasteiger partial charge < -0.3 is 19.4 Å². The lowest BCUT2D eigenvalue weighted by Crippen LogP contribution is -2.33. The van der Waals surface area contributed by atoms with Gasteiger partial charge in [-0.25, -0.2) is 0 Å². The Hall–Kier alpha value is -3.54. The minimum atomic E-state index is -0.276. The number of nitrogens with zero attached hydrogens (tertiary/aromatic N) is 1. The number of para-hydroxylation sites is 1. The van der Waals surface area contributed by atoms with E-state index in [1.54, 1.807) is 44.5 Å². The van der Waals surface area contributed by atoms with E-state index in [0.29, 0.717) is 11.4 Å². The fraction of sp³-hybridized carbons (Fsp3) is 0.217. The zero-order valence-corrected chi connectivity index (χ0v) is 16.8. The summed E-state index contributed by atoms with van der Waals surface area (Å²) < 4.78 is 10.9. The number of rotatable bonds is 7. The molecule has 1 N–H and O–H groups in total. The summed E-state index contributed by atoms with van der Waals surface area (Å²) in [5.41, 5.74) is 2.33. The van der Waals surface area contributed by atoms with Crippen LogP contribution in [0.3, 0.4) is 0 Å². The van der Waals surface area contributed by atoms with Gasteiger partial charge in [-0.15, -0.1) is 0 Å². The minimum Gasteiger partial charge on any atom is -0.497 e. The van der Waals surface area contributed by atoms with E-state index in [2.05, 4.69) is 5.32 Å². The van der Waals surface area contributed by atoms with Crippen LogP contribution in [0.4, 0.5) is 5.69 Å². The van der Waals surface area contributed by atoms with Crippen molar-refractivity contribution in [3.8, 4) is 5.75 Å². The summed E-state index contributed by atoms with van der Waals surface area (Å²) in [6, 6.07) is 14.7. The van der Waals surface area contributed by atoms with Crippen molar-refractivity contribution in [1.29, 1.82) is 0 Å². The topological polar surface area (TPSA) is 71.8 Å². The summed E-state index contributed by atoms with van der Waals surface area (Å²) in [5, 5.41) is 3.73. The lowest BCUT2D eigenvalue weighted by molar-refractivity contribution is -0.129. The van der Waals surface area contributed by atoms with Gasteiger partial charge in [0.2, 0.25) is 11.8 Å². The van der Waals surface area contributed by atoms with Crippen LogP contribution in [0.25, 0.3) is 17.0 Å². The molecule has 0 aliphatic heterocycles. The van der Waals surface area contributed by atoms with E-state index in [-0.39, 0.29) is 18.4 Å². The molecule has 0 unspecified atom stereocenters. The predicted octanol–water partition coefficient (Wildman–Crippen LogP) is 4.11. The fourth-order valence-electron chi connectivity index (χ4n) is 3.01. The Labute approximate surface area is 169 Å². The number of hydrogen-bond acceptors (Lipinski definition) is 4. The highest BCUT2D eigenvalue weighted by Gasteiger charge is 2.13. The van der Waals surface area contributed by atoms with Crippen LogP contribution in [-0.2, 0) is 16.0 Å². The van der Waals surface area contributed by atoms with Crippen LogP contribution < -0.4 is 10.1 Å². The van der Waals surface area contributed by atoms with Gasteiger partial charge in [0.25, 0.3) is 0 Å². The van der Waals surface area contributed by atoms with Crippen molar-refractivity contribution in [3.05, 3.63) is 65.9 Å². The van der Waals surface area contributed by atoms with Crippen LogP contribution in [-0.4, -0.2) is 37.4 Å². The molecule has 0 fully saturated rings. The summed E-state index contributed by atoms with van der Waals surface area (Å²) in [6.07, 6.45) is 3.95. The van der Waals surface area contributed by atoms with Crippen LogP contribution in [0.1, 0.15) is 18.2 Å². The number of anilines is 1. The minimum absolute atomic E-state index is 0.0536. The average molecular weight is 392 g/mol. The van der Waals surface area contributed by atoms with Gasteiger partial charge in [0.05, 0.1) is 13.7 Å². The number of methoxy groups -OCH3 is 1. The average Bonchev–Trinajstić information content (AvgIpc) is 3.10. The first-order valence-electron chi connectivity index (χ1n) is 9.39. The molecular formula is C23H24N2O4. The summed E-state index contributed by atoms with van der Waals surface area (Å²) in [5.74, 6) is 0.999. The van der Waals surface area contributed by atoms with Crippen LogP contribution in [0, 0.1) is 0 Å². The van der Waals surface area contributed by atoms with Gasteiger partial charge in [-0.3, -0.25) is 9.59 Å². The van der Waals surface area contributed by atoms with Gasteiger partial charge in [0, 0.05) is 36.2 Å². The number of fused-ring (bicyclic) bond motifs is 1. The first kappa shape index (κ1) is 20.2. The quantitative estimate of drug-likeness (QED) is 0.614. The zero-order chi connectivity index (χ0) is 20.8. The standard InChI is InChI=1S/C23H24N2O4/c1-4-20-19(18-7-5-6-8-21(18)29-20)13-14-23(27)25(2)15-22(26)24-16-9-11-17(28-3)12-10-16/h5-14H,4,15H2,1-3H3,(H,24,26)/b14-13+. The van der Waals surface area contributed by atoms with Crippen molar-refractivity contribution < 1.29 is 18.7 Å². The van der Waals surface area contributed by atoms with E-state index in [9.17, 15) is 9.59 Å². The van der Waals surface area contributed by atoms with Gasteiger partial charge in [-0.2, -0.15) is 0 Å². The Morgan fingerprint density at radius 3 is 2.55 bits per heavy atom. The van der Waals surface area contributed by atoms with Crippen molar-refractivity contribution >= 4 is 34.5 Å². The summed E-state index contributed by atoms with van der Waals surface area (Å²) in [7, 11) is 3.17. The zero-order valence-electron chi connectivity index (χ0n) is 16.8. The molecule has 0 aliphatic rings. The fourth-order valence-corrected chi connectivity index (χ4v) is 3.01. The molecule has 1 aromatic heterocycles. The molecule has 6 nitrogen and oxygen atoms in total. The number of likely N-dealkylation sites (N-methyl/N-ethyl adjacent to an activating group) is 1. The largest absolute Gasteiger partial charge is 0.497 e. The Bertz CT molecular complexity index is 1030. The van der Waals surface area contributed by atoms with Crippen LogP contribution in [0.2, 0.25) is 0 Å². The first-order chi connectivity index (χ1) is 14.0. The van der Waals surface area contributed by atoms with Crippen molar-refractivity contribution in [2.45, 2.75) is 13.3 Å². The Morgan fingerprint density at radius 2 is 1.86 bits per heavy atom. The molecule has 1 heterocycles. The third-order valence-corrected chi connectivity index (χ3v) is 4.56. The number of ether oxygens (including phenoxy) is 1. The summed E-state index contributed by atoms with van der Waals surface area (Å²) >= 11 is 0. The molecule has 150 valence electrons. The molecule has 6 heteroatoms. The second-order valence-electron chi connectivity index (χ2n) is 6.59. The van der Waals surface area contributed by atoms with Crippen molar-refractivity contribution in [1.82, 2.24) is 4.90 Å². The molecule has 29 heavy (non-hydrogen) atoms. The number of amides is 2. The van der Waals surface area contributed by atoms with E-state index >= 15 is 0 Å². The normalized spacial score (nSPS) is 11.0. The van der Waals surface area contributed by atoms with E-state index in [1.807, 2.05) is 31.2 Å². The Balaban J connectivity index is 1.63. The van der Waals surface area contributed by atoms with Gasteiger partial charge in [-0.05, 0) is 36.4 Å². The number of aryl methyl sites for hydroxylation is 1. The SMILES string of the molecule is CCc1oc2ccccc2c1/C=C/C(=O)N(C)CC(=O)Nc1ccc(OC)cc1. The number of carbonyl (C=O) groups excluding carboxylic acids is 2. The molecule has 2 aromatic carbocycles. The molecule has 0 saturated heterocycles. The van der Waals surface area contributed by atoms with E-state index in [4.69, 9.17) is 9.15 Å². The number of carbonyl (C=O) groups is 2. The smallest absolute Gasteiger partial charge is 0.246 e. The van der Waals surface area contributed by atoms with Crippen molar-refractivity contribution in [2.24, 2.45) is 0 Å². The molecule has 0 atom stereocenters. The molecule has 0 spiro atoms. The molecule has 0 radical (unpaired) electrons. The number of furan rings is 1. The molecule has 2 amide bonds. The van der Waals surface area contributed by atoms with Crippen LogP contribution >= 0.6 is 0 Å². The number of nitrogens with one attached hydrogen (secondary N) is 1. The Morgan fingerprint density at radius 1 is 1.14 bits per heavy atom. The van der Waals surface area contributed by atoms with Gasteiger partial charge in [0.15, 0.2) is 0 Å². The van der Waals surface area contributed by atoms with Crippen LogP contribution in [0.15, 0.2) is 59.0 Å². The predicted molar refractivity (Wildman–Crippen MR) is 114 cm³/mol. The van der Waals surface area contributed by atoms with E-state index < -0.39 is 0 Å². The summed E-state index contributed by atoms with van der Waals surface area (Å²) in [4.78, 5) is 26.0.